The Hall–Kier alpha value is -2.20. The number of pyridine rings is 1. The summed E-state index contributed by atoms with van der Waals surface area (Å²) < 4.78 is 0. The van der Waals surface area contributed by atoms with E-state index in [4.69, 9.17) is 4.84 Å². The van der Waals surface area contributed by atoms with Crippen LogP contribution < -0.4 is 5.06 Å². The van der Waals surface area contributed by atoms with Gasteiger partial charge in [-0.05, 0) is 24.3 Å². The van der Waals surface area contributed by atoms with Crippen LogP contribution in [0.4, 0.5) is 5.69 Å². The molecule has 4 heteroatoms. The highest BCUT2D eigenvalue weighted by molar-refractivity contribution is 6.04. The molecule has 4 nitrogen and oxygen atoms in total. The molecule has 86 valence electrons. The van der Waals surface area contributed by atoms with Gasteiger partial charge in [-0.3, -0.25) is 14.6 Å². The molecule has 0 saturated heterocycles. The molecule has 0 spiro atoms. The fourth-order valence-electron chi connectivity index (χ4n) is 1.48. The fourth-order valence-corrected chi connectivity index (χ4v) is 1.48. The van der Waals surface area contributed by atoms with Crippen LogP contribution in [0.15, 0.2) is 54.9 Å². The highest BCUT2D eigenvalue weighted by Gasteiger charge is 2.16. The van der Waals surface area contributed by atoms with Crippen LogP contribution in [-0.2, 0) is 4.84 Å². The standard InChI is InChI=1S/C13H12N2O2/c1-17-15(12-7-9-14-10-8-12)13(16)11-5-3-2-4-6-11/h2-10H,1H3. The zero-order valence-electron chi connectivity index (χ0n) is 9.41. The number of hydrogen-bond acceptors (Lipinski definition) is 3. The van der Waals surface area contributed by atoms with Crippen molar-refractivity contribution in [3.05, 3.63) is 60.4 Å². The summed E-state index contributed by atoms with van der Waals surface area (Å²) in [4.78, 5) is 21.2. The summed E-state index contributed by atoms with van der Waals surface area (Å²) in [5, 5.41) is 1.23. The highest BCUT2D eigenvalue weighted by Crippen LogP contribution is 2.15. The summed E-state index contributed by atoms with van der Waals surface area (Å²) in [6.07, 6.45) is 3.22. The van der Waals surface area contributed by atoms with Crippen LogP contribution in [-0.4, -0.2) is 18.0 Å². The van der Waals surface area contributed by atoms with Gasteiger partial charge in [0, 0.05) is 18.0 Å². The summed E-state index contributed by atoms with van der Waals surface area (Å²) in [6, 6.07) is 12.4. The van der Waals surface area contributed by atoms with Gasteiger partial charge in [-0.1, -0.05) is 18.2 Å². The quantitative estimate of drug-likeness (QED) is 0.757. The van der Waals surface area contributed by atoms with Gasteiger partial charge in [-0.15, -0.1) is 0 Å². The maximum Gasteiger partial charge on any atom is 0.282 e. The Labute approximate surface area is 99.4 Å². The molecule has 0 atom stereocenters. The van der Waals surface area contributed by atoms with Crippen LogP contribution >= 0.6 is 0 Å². The third kappa shape index (κ3) is 2.49. The number of hydroxylamine groups is 1. The van der Waals surface area contributed by atoms with E-state index in [9.17, 15) is 4.79 Å². The minimum Gasteiger partial charge on any atom is -0.269 e. The van der Waals surface area contributed by atoms with Gasteiger partial charge in [0.2, 0.25) is 0 Å². The van der Waals surface area contributed by atoms with Crippen molar-refractivity contribution in [2.75, 3.05) is 12.2 Å². The molecule has 1 aromatic heterocycles. The molecule has 0 unspecified atom stereocenters. The van der Waals surface area contributed by atoms with Crippen molar-refractivity contribution in [1.29, 1.82) is 0 Å². The van der Waals surface area contributed by atoms with Crippen LogP contribution in [0.2, 0.25) is 0 Å². The van der Waals surface area contributed by atoms with Crippen LogP contribution in [0.3, 0.4) is 0 Å². The van der Waals surface area contributed by atoms with E-state index in [2.05, 4.69) is 4.98 Å². The van der Waals surface area contributed by atoms with Gasteiger partial charge in [-0.25, -0.2) is 0 Å². The number of benzene rings is 1. The van der Waals surface area contributed by atoms with Gasteiger partial charge < -0.3 is 0 Å². The molecule has 0 fully saturated rings. The maximum atomic E-state index is 12.2. The minimum atomic E-state index is -0.209. The number of hydrogen-bond donors (Lipinski definition) is 0. The highest BCUT2D eigenvalue weighted by atomic mass is 16.7. The maximum absolute atomic E-state index is 12.2. The second kappa shape index (κ2) is 5.23. The summed E-state index contributed by atoms with van der Waals surface area (Å²) in [7, 11) is 1.46. The summed E-state index contributed by atoms with van der Waals surface area (Å²) in [5.41, 5.74) is 1.22. The molecule has 0 bridgehead atoms. The average molecular weight is 228 g/mol. The second-order valence-electron chi connectivity index (χ2n) is 3.35. The molecule has 1 amide bonds. The van der Waals surface area contributed by atoms with Crippen molar-refractivity contribution in [3.8, 4) is 0 Å². The summed E-state index contributed by atoms with van der Waals surface area (Å²) in [6.45, 7) is 0. The number of rotatable bonds is 3. The largest absolute Gasteiger partial charge is 0.282 e. The molecule has 2 rings (SSSR count). The molecule has 0 N–H and O–H groups in total. The molecular weight excluding hydrogens is 216 g/mol. The van der Waals surface area contributed by atoms with Crippen molar-refractivity contribution in [2.45, 2.75) is 0 Å². The average Bonchev–Trinajstić information content (AvgIpc) is 2.42. The Morgan fingerprint density at radius 1 is 1.12 bits per heavy atom. The Bertz CT molecular complexity index is 485. The van der Waals surface area contributed by atoms with Gasteiger partial charge in [0.15, 0.2) is 0 Å². The number of aromatic nitrogens is 1. The Balaban J connectivity index is 2.29. The van der Waals surface area contributed by atoms with Crippen molar-refractivity contribution in [3.63, 3.8) is 0 Å². The van der Waals surface area contributed by atoms with Crippen molar-refractivity contribution >= 4 is 11.6 Å². The monoisotopic (exact) mass is 228 g/mol. The Morgan fingerprint density at radius 3 is 2.35 bits per heavy atom. The number of amides is 1. The van der Waals surface area contributed by atoms with E-state index in [-0.39, 0.29) is 5.91 Å². The fraction of sp³-hybridized carbons (Fsp3) is 0.0769. The van der Waals surface area contributed by atoms with Crippen LogP contribution in [0, 0.1) is 0 Å². The first kappa shape index (κ1) is 11.3. The molecule has 1 heterocycles. The van der Waals surface area contributed by atoms with Crippen molar-refractivity contribution < 1.29 is 9.63 Å². The first-order valence-electron chi connectivity index (χ1n) is 5.16. The third-order valence-corrected chi connectivity index (χ3v) is 2.29. The van der Waals surface area contributed by atoms with Crippen LogP contribution in [0.25, 0.3) is 0 Å². The molecule has 0 radical (unpaired) electrons. The number of nitrogens with zero attached hydrogens (tertiary/aromatic N) is 2. The van der Waals surface area contributed by atoms with Crippen LogP contribution in [0.5, 0.6) is 0 Å². The topological polar surface area (TPSA) is 42.4 Å². The number of anilines is 1. The zero-order valence-corrected chi connectivity index (χ0v) is 9.41. The number of carbonyl (C=O) groups is 1. The third-order valence-electron chi connectivity index (χ3n) is 2.29. The van der Waals surface area contributed by atoms with Crippen LogP contribution in [0.1, 0.15) is 10.4 Å². The van der Waals surface area contributed by atoms with Crippen molar-refractivity contribution in [1.82, 2.24) is 4.98 Å². The van der Waals surface area contributed by atoms with Gasteiger partial charge in [0.1, 0.15) is 0 Å². The number of carbonyl (C=O) groups excluding carboxylic acids is 1. The normalized spacial score (nSPS) is 9.94. The van der Waals surface area contributed by atoms with E-state index < -0.39 is 0 Å². The van der Waals surface area contributed by atoms with Gasteiger partial charge in [0.25, 0.3) is 5.91 Å². The Kier molecular flexibility index (Phi) is 3.47. The molecule has 0 aliphatic carbocycles. The predicted molar refractivity (Wildman–Crippen MR) is 64.5 cm³/mol. The van der Waals surface area contributed by atoms with E-state index in [1.165, 1.54) is 12.2 Å². The molecular formula is C13H12N2O2. The lowest BCUT2D eigenvalue weighted by molar-refractivity contribution is 0.0773. The summed E-state index contributed by atoms with van der Waals surface area (Å²) in [5.74, 6) is -0.209. The zero-order chi connectivity index (χ0) is 12.1. The molecule has 2 aromatic rings. The first-order chi connectivity index (χ1) is 8.33. The SMILES string of the molecule is CON(C(=O)c1ccccc1)c1ccncc1. The molecule has 0 saturated carbocycles. The lowest BCUT2D eigenvalue weighted by atomic mass is 10.2. The predicted octanol–water partition coefficient (Wildman–Crippen LogP) is 2.29. The smallest absolute Gasteiger partial charge is 0.269 e. The molecule has 17 heavy (non-hydrogen) atoms. The first-order valence-corrected chi connectivity index (χ1v) is 5.16. The van der Waals surface area contributed by atoms with Gasteiger partial charge >= 0.3 is 0 Å². The van der Waals surface area contributed by atoms with Gasteiger partial charge in [-0.2, -0.15) is 5.06 Å². The molecule has 0 aliphatic rings. The van der Waals surface area contributed by atoms with E-state index >= 15 is 0 Å². The molecule has 1 aromatic carbocycles. The molecule has 0 aliphatic heterocycles. The van der Waals surface area contributed by atoms with E-state index in [1.807, 2.05) is 18.2 Å². The Morgan fingerprint density at radius 2 is 1.76 bits per heavy atom. The lowest BCUT2D eigenvalue weighted by Gasteiger charge is -2.19. The minimum absolute atomic E-state index is 0.209. The van der Waals surface area contributed by atoms with Crippen molar-refractivity contribution in [2.24, 2.45) is 0 Å². The summed E-state index contributed by atoms with van der Waals surface area (Å²) >= 11 is 0. The van der Waals surface area contributed by atoms with E-state index in [1.54, 1.807) is 36.7 Å². The van der Waals surface area contributed by atoms with Gasteiger partial charge in [0.05, 0.1) is 12.8 Å². The lowest BCUT2D eigenvalue weighted by Crippen LogP contribution is -2.29. The second-order valence-corrected chi connectivity index (χ2v) is 3.35. The van der Waals surface area contributed by atoms with E-state index in [0.717, 1.165) is 0 Å². The van der Waals surface area contributed by atoms with E-state index in [0.29, 0.717) is 11.3 Å².